The molecule has 3 aromatic carbocycles. The number of nitrogens with one attached hydrogen (secondary N) is 2. The summed E-state index contributed by atoms with van der Waals surface area (Å²) in [7, 11) is 0. The van der Waals surface area contributed by atoms with Crippen LogP contribution in [0, 0.1) is 11.8 Å². The zero-order valence-corrected chi connectivity index (χ0v) is 30.7. The highest BCUT2D eigenvalue weighted by Crippen LogP contribution is 2.19. The molecule has 0 unspecified atom stereocenters. The average Bonchev–Trinajstić information content (AvgIpc) is 3.18. The molecule has 3 atom stereocenters. The Hall–Kier alpha value is -5.22. The van der Waals surface area contributed by atoms with E-state index in [0.717, 1.165) is 16.7 Å². The molecule has 0 saturated carbocycles. The Labute approximate surface area is 314 Å². The number of nitrogens with zero attached hydrogens (tertiary/aromatic N) is 1. The third-order valence-corrected chi connectivity index (χ3v) is 8.79. The van der Waals surface area contributed by atoms with Crippen LogP contribution in [0.5, 0.6) is 0 Å². The highest BCUT2D eigenvalue weighted by Gasteiger charge is 2.27. The Morgan fingerprint density at radius 2 is 1.42 bits per heavy atom. The fourth-order valence-corrected chi connectivity index (χ4v) is 5.86. The molecule has 0 bridgehead atoms. The molecule has 3 aromatic rings. The van der Waals surface area contributed by atoms with Gasteiger partial charge in [-0.2, -0.15) is 0 Å². The van der Waals surface area contributed by atoms with Crippen molar-refractivity contribution in [2.24, 2.45) is 11.8 Å². The number of hydrogen-bond donors (Lipinski definition) is 3. The minimum Gasteiger partial charge on any atom is -0.463 e. The van der Waals surface area contributed by atoms with Gasteiger partial charge in [-0.1, -0.05) is 103 Å². The number of amides is 3. The second-order valence-corrected chi connectivity index (χ2v) is 13.0. The van der Waals surface area contributed by atoms with E-state index in [1.807, 2.05) is 91.0 Å². The molecule has 0 aliphatic rings. The zero-order valence-electron chi connectivity index (χ0n) is 30.7. The van der Waals surface area contributed by atoms with Gasteiger partial charge in [0.2, 0.25) is 11.8 Å². The predicted octanol–water partition coefficient (Wildman–Crippen LogP) is 6.54. The summed E-state index contributed by atoms with van der Waals surface area (Å²) >= 11 is 0. The fraction of sp³-hybridized carbons (Fsp3) is 0.395. The molecule has 0 aromatic heterocycles. The van der Waals surface area contributed by atoms with Gasteiger partial charge in [-0.25, -0.2) is 4.79 Å². The zero-order chi connectivity index (χ0) is 38.1. The first-order valence-corrected chi connectivity index (χ1v) is 18.4. The quantitative estimate of drug-likeness (QED) is 0.0513. The van der Waals surface area contributed by atoms with Crippen molar-refractivity contribution >= 4 is 23.9 Å². The van der Waals surface area contributed by atoms with Crippen LogP contribution in [0.2, 0.25) is 0 Å². The van der Waals surface area contributed by atoms with Crippen LogP contribution in [0.4, 0.5) is 4.79 Å². The number of aliphatic hydroxyl groups excluding tert-OH is 1. The Bertz CT molecular complexity index is 1540. The van der Waals surface area contributed by atoms with Gasteiger partial charge in [-0.15, -0.1) is 13.2 Å². The third kappa shape index (κ3) is 16.8. The molecule has 0 fully saturated rings. The van der Waals surface area contributed by atoms with E-state index in [-0.39, 0.29) is 62.9 Å². The van der Waals surface area contributed by atoms with Crippen molar-refractivity contribution in [3.05, 3.63) is 133 Å². The van der Waals surface area contributed by atoms with Crippen LogP contribution in [0.1, 0.15) is 61.6 Å². The average molecular weight is 726 g/mol. The van der Waals surface area contributed by atoms with Gasteiger partial charge >= 0.3 is 12.1 Å². The van der Waals surface area contributed by atoms with E-state index in [0.29, 0.717) is 51.6 Å². The molecule has 0 aliphatic heterocycles. The summed E-state index contributed by atoms with van der Waals surface area (Å²) in [5, 5.41) is 15.5. The molecule has 0 spiro atoms. The number of alkyl carbamates (subject to hydrolysis) is 1. The molecular formula is C43H55N3O7. The summed E-state index contributed by atoms with van der Waals surface area (Å²) in [6, 6.07) is 28.1. The first-order chi connectivity index (χ1) is 25.8. The maximum atomic E-state index is 13.7. The minimum atomic E-state index is -0.713. The highest BCUT2D eigenvalue weighted by molar-refractivity contribution is 5.86. The number of unbranched alkanes of at least 4 members (excludes halogenated alkanes) is 1. The van der Waals surface area contributed by atoms with Gasteiger partial charge in [0.1, 0.15) is 13.2 Å². The summed E-state index contributed by atoms with van der Waals surface area (Å²) in [4.78, 5) is 54.4. The van der Waals surface area contributed by atoms with E-state index in [9.17, 15) is 24.3 Å². The minimum absolute atomic E-state index is 0.0457. The third-order valence-electron chi connectivity index (χ3n) is 8.79. The number of esters is 1. The van der Waals surface area contributed by atoms with E-state index in [1.165, 1.54) is 0 Å². The van der Waals surface area contributed by atoms with Crippen molar-refractivity contribution < 1.29 is 33.8 Å². The molecular weight excluding hydrogens is 670 g/mol. The van der Waals surface area contributed by atoms with Gasteiger partial charge in [-0.05, 0) is 61.6 Å². The van der Waals surface area contributed by atoms with Crippen LogP contribution in [0.3, 0.4) is 0 Å². The van der Waals surface area contributed by atoms with E-state index in [4.69, 9.17) is 9.47 Å². The topological polar surface area (TPSA) is 134 Å². The van der Waals surface area contributed by atoms with Gasteiger partial charge in [0, 0.05) is 26.1 Å². The maximum Gasteiger partial charge on any atom is 0.407 e. The summed E-state index contributed by atoms with van der Waals surface area (Å²) in [6.45, 7) is 8.34. The maximum absolute atomic E-state index is 13.7. The van der Waals surface area contributed by atoms with Crippen molar-refractivity contribution in [2.45, 2.75) is 70.6 Å². The van der Waals surface area contributed by atoms with Crippen LogP contribution < -0.4 is 10.6 Å². The SMILES string of the molecule is C=CCC[C@H](Cc1ccccc1)C(=O)OC[C@H](CCCCNC(=O)OCc1ccccc1)NC(=O)[C@H](CC=C)CC(=O)N(CCO)Cc1ccccc1. The van der Waals surface area contributed by atoms with Crippen LogP contribution in [0.15, 0.2) is 116 Å². The molecule has 3 amide bonds. The number of hydrogen-bond acceptors (Lipinski definition) is 7. The molecule has 53 heavy (non-hydrogen) atoms. The summed E-state index contributed by atoms with van der Waals surface area (Å²) in [6.07, 6.45) is 6.49. The number of rotatable bonds is 25. The number of carbonyl (C=O) groups is 4. The van der Waals surface area contributed by atoms with Crippen molar-refractivity contribution in [3.63, 3.8) is 0 Å². The largest absolute Gasteiger partial charge is 0.463 e. The Kier molecular flexibility index (Phi) is 19.8. The molecule has 0 saturated heterocycles. The molecule has 10 nitrogen and oxygen atoms in total. The van der Waals surface area contributed by atoms with E-state index >= 15 is 0 Å². The monoisotopic (exact) mass is 725 g/mol. The number of ether oxygens (including phenoxy) is 2. The number of carbonyl (C=O) groups excluding carboxylic acids is 4. The van der Waals surface area contributed by atoms with Gasteiger partial charge < -0.3 is 30.1 Å². The Morgan fingerprint density at radius 1 is 0.774 bits per heavy atom. The lowest BCUT2D eigenvalue weighted by Gasteiger charge is -2.26. The smallest absolute Gasteiger partial charge is 0.407 e. The standard InChI is InChI=1S/C43H55N3O7/c1-3-5-24-38(29-34-18-9-6-10-19-34)42(50)52-33-39(25-15-16-26-44-43(51)53-32-36-22-13-8-14-23-36)45-41(49)37(17-4-2)30-40(48)46(27-28-47)31-35-20-11-7-12-21-35/h3-4,6-14,18-23,37-39,47H,1-2,5,15-17,24-33H2,(H,44,51)(H,45,49)/t37-,38-,39+/m1/s1. The van der Waals surface area contributed by atoms with Crippen LogP contribution in [0.25, 0.3) is 0 Å². The molecule has 3 N–H and O–H groups in total. The Balaban J connectivity index is 1.63. The van der Waals surface area contributed by atoms with E-state index in [2.05, 4.69) is 23.8 Å². The summed E-state index contributed by atoms with van der Waals surface area (Å²) < 4.78 is 11.2. The molecule has 0 heterocycles. The first-order valence-electron chi connectivity index (χ1n) is 18.4. The normalized spacial score (nSPS) is 12.4. The van der Waals surface area contributed by atoms with Gasteiger partial charge in [-0.3, -0.25) is 14.4 Å². The lowest BCUT2D eigenvalue weighted by Crippen LogP contribution is -2.44. The van der Waals surface area contributed by atoms with Crippen LogP contribution in [-0.4, -0.2) is 66.2 Å². The highest BCUT2D eigenvalue weighted by atomic mass is 16.5. The summed E-state index contributed by atoms with van der Waals surface area (Å²) in [5.41, 5.74) is 2.83. The predicted molar refractivity (Wildman–Crippen MR) is 206 cm³/mol. The van der Waals surface area contributed by atoms with Gasteiger partial charge in [0.25, 0.3) is 0 Å². The van der Waals surface area contributed by atoms with Gasteiger partial charge in [0.15, 0.2) is 0 Å². The molecule has 10 heteroatoms. The van der Waals surface area contributed by atoms with E-state index < -0.39 is 18.1 Å². The van der Waals surface area contributed by atoms with Crippen LogP contribution >= 0.6 is 0 Å². The van der Waals surface area contributed by atoms with Crippen LogP contribution in [-0.2, 0) is 43.4 Å². The number of allylic oxidation sites excluding steroid dienone is 2. The number of aliphatic hydroxyl groups is 1. The molecule has 0 aliphatic carbocycles. The molecule has 0 radical (unpaired) electrons. The van der Waals surface area contributed by atoms with Gasteiger partial charge in [0.05, 0.1) is 24.5 Å². The second-order valence-electron chi connectivity index (χ2n) is 13.0. The molecule has 3 rings (SSSR count). The number of benzene rings is 3. The fourth-order valence-electron chi connectivity index (χ4n) is 5.86. The summed E-state index contributed by atoms with van der Waals surface area (Å²) in [5.74, 6) is -2.06. The van der Waals surface area contributed by atoms with Crippen molar-refractivity contribution in [2.75, 3.05) is 26.3 Å². The van der Waals surface area contributed by atoms with E-state index in [1.54, 1.807) is 17.1 Å². The lowest BCUT2D eigenvalue weighted by atomic mass is 9.95. The van der Waals surface area contributed by atoms with Crippen molar-refractivity contribution in [3.8, 4) is 0 Å². The molecule has 284 valence electrons. The van der Waals surface area contributed by atoms with Crippen molar-refractivity contribution in [1.29, 1.82) is 0 Å². The van der Waals surface area contributed by atoms with Crippen molar-refractivity contribution in [1.82, 2.24) is 15.5 Å². The first kappa shape index (κ1) is 42.2. The Morgan fingerprint density at radius 3 is 2.04 bits per heavy atom. The lowest BCUT2D eigenvalue weighted by molar-refractivity contribution is -0.150. The second kappa shape index (κ2) is 24.9.